The zero-order chi connectivity index (χ0) is 16.6. The van der Waals surface area contributed by atoms with Gasteiger partial charge in [-0.25, -0.2) is 4.57 Å². The molecule has 0 fully saturated rings. The summed E-state index contributed by atoms with van der Waals surface area (Å²) in [5.41, 5.74) is 9.34. The molecule has 0 spiro atoms. The molecule has 1 rings (SSSR count). The Morgan fingerprint density at radius 1 is 1.00 bits per heavy atom. The molecule has 0 radical (unpaired) electrons. The van der Waals surface area contributed by atoms with Crippen molar-refractivity contribution < 1.29 is 27.5 Å². The van der Waals surface area contributed by atoms with Crippen molar-refractivity contribution in [3.8, 4) is 0 Å². The number of hydrogen-bond acceptors (Lipinski definition) is 5. The van der Waals surface area contributed by atoms with Crippen LogP contribution in [0.25, 0.3) is 5.53 Å². The Morgan fingerprint density at radius 2 is 1.50 bits per heavy atom. The molecule has 9 heteroatoms. The summed E-state index contributed by atoms with van der Waals surface area (Å²) in [5, 5.41) is -0.346. The SMILES string of the molecule is CCOP(=O)(OCC)C(=[N+]=[N-])P(=O)(OCC)c1ccccc1. The van der Waals surface area contributed by atoms with E-state index in [0.717, 1.165) is 0 Å². The van der Waals surface area contributed by atoms with Crippen LogP contribution in [0.5, 0.6) is 0 Å². The molecular formula is C13H20N2O5P2. The zero-order valence-electron chi connectivity index (χ0n) is 12.8. The Labute approximate surface area is 130 Å². The summed E-state index contributed by atoms with van der Waals surface area (Å²) in [6.07, 6.45) is 0. The standard InChI is InChI=1S/C13H20N2O5P2/c1-4-18-21(16,12-10-8-7-9-11-12)13(15-14)22(17,19-5-2)20-6-3/h7-11H,4-6H2,1-3H3. The molecule has 0 heterocycles. The predicted octanol–water partition coefficient (Wildman–Crippen LogP) is 3.48. The van der Waals surface area contributed by atoms with Crippen LogP contribution in [0, 0.1) is 0 Å². The largest absolute Gasteiger partial charge is 0.463 e. The Morgan fingerprint density at radius 3 is 1.91 bits per heavy atom. The molecule has 0 saturated heterocycles. The molecule has 1 atom stereocenters. The molecule has 0 amide bonds. The number of benzene rings is 1. The van der Waals surface area contributed by atoms with Crippen LogP contribution in [0.3, 0.4) is 0 Å². The van der Waals surface area contributed by atoms with E-state index in [-0.39, 0.29) is 25.1 Å². The van der Waals surface area contributed by atoms with Gasteiger partial charge in [-0.05, 0) is 32.9 Å². The van der Waals surface area contributed by atoms with Gasteiger partial charge in [0.1, 0.15) is 0 Å². The number of hydrogen-bond donors (Lipinski definition) is 0. The van der Waals surface area contributed by atoms with Crippen LogP contribution < -0.4 is 5.30 Å². The van der Waals surface area contributed by atoms with E-state index in [4.69, 9.17) is 13.6 Å². The first-order valence-corrected chi connectivity index (χ1v) is 10.1. The van der Waals surface area contributed by atoms with E-state index >= 15 is 0 Å². The van der Waals surface area contributed by atoms with Crippen LogP contribution in [0.4, 0.5) is 0 Å². The van der Waals surface area contributed by atoms with Gasteiger partial charge in [-0.3, -0.25) is 4.57 Å². The fraction of sp³-hybridized carbons (Fsp3) is 0.462. The smallest absolute Gasteiger partial charge is 0.360 e. The third kappa shape index (κ3) is 4.02. The second-order valence-corrected chi connectivity index (χ2v) is 8.63. The Hall–Kier alpha value is -1.06. The van der Waals surface area contributed by atoms with Crippen molar-refractivity contribution in [1.29, 1.82) is 0 Å². The van der Waals surface area contributed by atoms with Gasteiger partial charge in [-0.15, -0.1) is 0 Å². The molecule has 1 aromatic carbocycles. The quantitative estimate of drug-likeness (QED) is 0.295. The summed E-state index contributed by atoms with van der Waals surface area (Å²) in [6.45, 7) is 5.00. The van der Waals surface area contributed by atoms with Crippen LogP contribution in [0.15, 0.2) is 30.3 Å². The summed E-state index contributed by atoms with van der Waals surface area (Å²) in [4.78, 5) is 2.98. The highest BCUT2D eigenvalue weighted by Gasteiger charge is 2.55. The van der Waals surface area contributed by atoms with Gasteiger partial charge in [0.15, 0.2) is 0 Å². The molecule has 0 bridgehead atoms. The van der Waals surface area contributed by atoms with E-state index in [1.807, 2.05) is 0 Å². The molecule has 122 valence electrons. The van der Waals surface area contributed by atoms with Gasteiger partial charge in [0.2, 0.25) is 0 Å². The maximum atomic E-state index is 13.3. The monoisotopic (exact) mass is 346 g/mol. The molecular weight excluding hydrogens is 326 g/mol. The van der Waals surface area contributed by atoms with Crippen molar-refractivity contribution in [2.75, 3.05) is 19.8 Å². The highest BCUT2D eigenvalue weighted by atomic mass is 31.2. The summed E-state index contributed by atoms with van der Waals surface area (Å²) >= 11 is 0. The summed E-state index contributed by atoms with van der Waals surface area (Å²) < 4.78 is 41.7. The van der Waals surface area contributed by atoms with Gasteiger partial charge < -0.3 is 19.1 Å². The van der Waals surface area contributed by atoms with Crippen molar-refractivity contribution in [3.05, 3.63) is 35.9 Å². The van der Waals surface area contributed by atoms with Crippen molar-refractivity contribution in [2.45, 2.75) is 20.8 Å². The zero-order valence-corrected chi connectivity index (χ0v) is 14.6. The molecule has 1 aromatic rings. The van der Waals surface area contributed by atoms with Crippen LogP contribution in [-0.2, 0) is 22.7 Å². The van der Waals surface area contributed by atoms with E-state index < -0.39 is 20.2 Å². The topological polar surface area (TPSA) is 98.2 Å². The third-order valence-electron chi connectivity index (χ3n) is 2.60. The van der Waals surface area contributed by atoms with Crippen molar-refractivity contribution in [1.82, 2.24) is 0 Å². The van der Waals surface area contributed by atoms with Gasteiger partial charge in [0.05, 0.1) is 19.8 Å². The Kier molecular flexibility index (Phi) is 7.37. The predicted molar refractivity (Wildman–Crippen MR) is 84.8 cm³/mol. The molecule has 0 aliphatic carbocycles. The van der Waals surface area contributed by atoms with Crippen LogP contribution in [0.2, 0.25) is 0 Å². The maximum Gasteiger partial charge on any atom is 0.463 e. The number of nitrogens with zero attached hydrogens (tertiary/aromatic N) is 2. The molecule has 0 saturated carbocycles. The summed E-state index contributed by atoms with van der Waals surface area (Å²) in [5.74, 6) is 0. The Bertz CT molecular complexity index is 619. The van der Waals surface area contributed by atoms with Gasteiger partial charge in [0.25, 0.3) is 0 Å². The molecule has 0 N–H and O–H groups in total. The normalized spacial score (nSPS) is 14.1. The van der Waals surface area contributed by atoms with E-state index in [2.05, 4.69) is 4.79 Å². The first-order chi connectivity index (χ1) is 10.5. The minimum absolute atomic E-state index is 0.0389. The fourth-order valence-corrected chi connectivity index (χ4v) is 6.61. The third-order valence-corrected chi connectivity index (χ3v) is 8.12. The van der Waals surface area contributed by atoms with Crippen LogP contribution in [-0.4, -0.2) is 29.8 Å². The summed E-state index contributed by atoms with van der Waals surface area (Å²) in [7, 11) is -7.91. The average molecular weight is 346 g/mol. The number of rotatable bonds is 9. The fourth-order valence-electron chi connectivity index (χ4n) is 1.82. The Balaban J connectivity index is 3.49. The van der Waals surface area contributed by atoms with Gasteiger partial charge in [0, 0.05) is 5.30 Å². The highest BCUT2D eigenvalue weighted by Crippen LogP contribution is 2.64. The van der Waals surface area contributed by atoms with Crippen LogP contribution >= 0.6 is 15.0 Å². The lowest BCUT2D eigenvalue weighted by molar-refractivity contribution is -0.000497. The summed E-state index contributed by atoms with van der Waals surface area (Å²) in [6, 6.07) is 8.14. The lowest BCUT2D eigenvalue weighted by Gasteiger charge is -2.19. The maximum absolute atomic E-state index is 13.3. The lowest BCUT2D eigenvalue weighted by atomic mass is 10.4. The molecule has 7 nitrogen and oxygen atoms in total. The van der Waals surface area contributed by atoms with E-state index in [0.29, 0.717) is 0 Å². The van der Waals surface area contributed by atoms with E-state index in [9.17, 15) is 14.7 Å². The minimum atomic E-state index is -4.03. The molecule has 0 aliphatic rings. The van der Waals surface area contributed by atoms with Crippen LogP contribution in [0.1, 0.15) is 20.8 Å². The average Bonchev–Trinajstić information content (AvgIpc) is 2.49. The van der Waals surface area contributed by atoms with Gasteiger partial charge in [-0.2, -0.15) is 4.79 Å². The van der Waals surface area contributed by atoms with E-state index in [1.54, 1.807) is 51.1 Å². The van der Waals surface area contributed by atoms with Gasteiger partial charge in [-0.1, -0.05) is 18.2 Å². The molecule has 0 aromatic heterocycles. The second kappa shape index (κ2) is 8.54. The lowest BCUT2D eigenvalue weighted by Crippen LogP contribution is -2.19. The highest BCUT2D eigenvalue weighted by molar-refractivity contribution is 8.03. The first-order valence-electron chi connectivity index (χ1n) is 6.91. The minimum Gasteiger partial charge on any atom is -0.360 e. The second-order valence-electron chi connectivity index (χ2n) is 4.04. The molecule has 0 aliphatic heterocycles. The van der Waals surface area contributed by atoms with E-state index in [1.165, 1.54) is 0 Å². The molecule has 1 unspecified atom stereocenters. The van der Waals surface area contributed by atoms with Gasteiger partial charge >= 0.3 is 20.2 Å². The first kappa shape index (κ1) is 19.0. The molecule has 22 heavy (non-hydrogen) atoms. The van der Waals surface area contributed by atoms with Crippen molar-refractivity contribution >= 4 is 25.5 Å². The van der Waals surface area contributed by atoms with Crippen molar-refractivity contribution in [3.63, 3.8) is 0 Å². The van der Waals surface area contributed by atoms with Crippen molar-refractivity contribution in [2.24, 2.45) is 0 Å².